The Balaban J connectivity index is 3.00. The van der Waals surface area contributed by atoms with E-state index in [9.17, 15) is 4.79 Å². The van der Waals surface area contributed by atoms with Crippen LogP contribution in [0.2, 0.25) is 0 Å². The first-order valence-corrected chi connectivity index (χ1v) is 7.09. The third-order valence-corrected chi connectivity index (χ3v) is 4.02. The fourth-order valence-corrected chi connectivity index (χ4v) is 1.93. The molecule has 116 valence electrons. The van der Waals surface area contributed by atoms with Crippen molar-refractivity contribution < 1.29 is 14.6 Å². The smallest absolute Gasteiger partial charge is 0.328 e. The maximum Gasteiger partial charge on any atom is 0.328 e. The summed E-state index contributed by atoms with van der Waals surface area (Å²) in [6.45, 7) is 7.40. The molecule has 4 heteroatoms. The molecule has 0 aromatic heterocycles. The van der Waals surface area contributed by atoms with Crippen LogP contribution >= 0.6 is 0 Å². The maximum absolute atomic E-state index is 10.7. The van der Waals surface area contributed by atoms with E-state index in [-0.39, 0.29) is 5.54 Å². The minimum absolute atomic E-state index is 0.122. The summed E-state index contributed by atoms with van der Waals surface area (Å²) in [7, 11) is 3.68. The van der Waals surface area contributed by atoms with Crippen molar-refractivity contribution in [3.05, 3.63) is 35.4 Å². The van der Waals surface area contributed by atoms with Crippen LogP contribution in [-0.2, 0) is 11.3 Å². The fraction of sp³-hybridized carbons (Fsp3) is 0.471. The molecule has 1 rings (SSSR count). The first kappa shape index (κ1) is 17.2. The molecule has 21 heavy (non-hydrogen) atoms. The minimum atomic E-state index is -0.966. The number of nitrogens with zero attached hydrogens (tertiary/aromatic N) is 1. The molecular formula is C17H25NO3. The van der Waals surface area contributed by atoms with Crippen LogP contribution in [0, 0.1) is 0 Å². The summed E-state index contributed by atoms with van der Waals surface area (Å²) in [5, 5.41) is 8.76. The number of aliphatic carboxylic acids is 1. The molecule has 4 nitrogen and oxygen atoms in total. The average Bonchev–Trinajstić information content (AvgIpc) is 2.45. The fourth-order valence-electron chi connectivity index (χ4n) is 1.93. The first-order valence-electron chi connectivity index (χ1n) is 7.09. The normalized spacial score (nSPS) is 12.1. The Hall–Kier alpha value is -1.81. The maximum atomic E-state index is 10.7. The Morgan fingerprint density at radius 2 is 2.10 bits per heavy atom. The molecule has 0 radical (unpaired) electrons. The standard InChI is InChI=1S/C17H25NO3/c1-6-17(2,3)18(4)12-13-7-9-15(21-5)14(11-13)8-10-16(19)20/h7-11H,6,12H2,1-5H3,(H,19,20). The summed E-state index contributed by atoms with van der Waals surface area (Å²) in [6, 6.07) is 5.86. The first-order chi connectivity index (χ1) is 9.80. The van der Waals surface area contributed by atoms with Crippen molar-refractivity contribution in [2.75, 3.05) is 14.2 Å². The van der Waals surface area contributed by atoms with Gasteiger partial charge in [0.15, 0.2) is 0 Å². The highest BCUT2D eigenvalue weighted by molar-refractivity contribution is 5.85. The minimum Gasteiger partial charge on any atom is -0.496 e. The van der Waals surface area contributed by atoms with Gasteiger partial charge in [0, 0.05) is 23.7 Å². The van der Waals surface area contributed by atoms with E-state index in [2.05, 4.69) is 32.7 Å². The van der Waals surface area contributed by atoms with Crippen molar-refractivity contribution in [3.8, 4) is 5.75 Å². The zero-order valence-electron chi connectivity index (χ0n) is 13.5. The lowest BCUT2D eigenvalue weighted by molar-refractivity contribution is -0.131. The second-order valence-corrected chi connectivity index (χ2v) is 5.77. The van der Waals surface area contributed by atoms with E-state index < -0.39 is 5.97 Å². The number of hydrogen-bond donors (Lipinski definition) is 1. The van der Waals surface area contributed by atoms with Gasteiger partial charge in [0.1, 0.15) is 5.75 Å². The second kappa shape index (κ2) is 7.27. The summed E-state index contributed by atoms with van der Waals surface area (Å²) in [5.74, 6) is -0.291. The molecule has 0 heterocycles. The summed E-state index contributed by atoms with van der Waals surface area (Å²) < 4.78 is 5.27. The molecule has 0 aliphatic rings. The molecule has 0 atom stereocenters. The van der Waals surface area contributed by atoms with Crippen molar-refractivity contribution in [1.82, 2.24) is 4.90 Å². The molecule has 0 amide bonds. The Bertz CT molecular complexity index is 521. The van der Waals surface area contributed by atoms with E-state index in [0.717, 1.165) is 30.2 Å². The van der Waals surface area contributed by atoms with Gasteiger partial charge in [0.2, 0.25) is 0 Å². The Labute approximate surface area is 127 Å². The van der Waals surface area contributed by atoms with Gasteiger partial charge in [-0.1, -0.05) is 13.0 Å². The van der Waals surface area contributed by atoms with Crippen molar-refractivity contribution in [2.24, 2.45) is 0 Å². The van der Waals surface area contributed by atoms with Crippen LogP contribution in [0.1, 0.15) is 38.3 Å². The Morgan fingerprint density at radius 3 is 2.62 bits per heavy atom. The van der Waals surface area contributed by atoms with Gasteiger partial charge in [0.25, 0.3) is 0 Å². The SMILES string of the molecule is CCC(C)(C)N(C)Cc1ccc(OC)c(C=CC(=O)O)c1. The van der Waals surface area contributed by atoms with Crippen LogP contribution in [0.3, 0.4) is 0 Å². The Morgan fingerprint density at radius 1 is 1.43 bits per heavy atom. The molecule has 1 N–H and O–H groups in total. The predicted octanol–water partition coefficient (Wildman–Crippen LogP) is 3.41. The molecule has 1 aromatic rings. The molecular weight excluding hydrogens is 266 g/mol. The number of carboxylic acid groups (broad SMARTS) is 1. The summed E-state index contributed by atoms with van der Waals surface area (Å²) >= 11 is 0. The van der Waals surface area contributed by atoms with Crippen LogP contribution in [0.4, 0.5) is 0 Å². The number of carboxylic acids is 1. The summed E-state index contributed by atoms with van der Waals surface area (Å²) in [6.07, 6.45) is 3.75. The van der Waals surface area contributed by atoms with E-state index in [0.29, 0.717) is 5.75 Å². The number of methoxy groups -OCH3 is 1. The molecule has 0 spiro atoms. The van der Waals surface area contributed by atoms with Crippen LogP contribution < -0.4 is 4.74 Å². The Kier molecular flexibility index (Phi) is 5.97. The van der Waals surface area contributed by atoms with E-state index in [4.69, 9.17) is 9.84 Å². The van der Waals surface area contributed by atoms with Crippen molar-refractivity contribution in [2.45, 2.75) is 39.3 Å². The lowest BCUT2D eigenvalue weighted by atomic mass is 9.99. The number of benzene rings is 1. The van der Waals surface area contributed by atoms with Crippen molar-refractivity contribution in [3.63, 3.8) is 0 Å². The van der Waals surface area contributed by atoms with Gasteiger partial charge < -0.3 is 9.84 Å². The molecule has 0 saturated carbocycles. The van der Waals surface area contributed by atoms with E-state index in [1.165, 1.54) is 0 Å². The van der Waals surface area contributed by atoms with Crippen molar-refractivity contribution >= 4 is 12.0 Å². The topological polar surface area (TPSA) is 49.8 Å². The third kappa shape index (κ3) is 4.90. The van der Waals surface area contributed by atoms with Crippen molar-refractivity contribution in [1.29, 1.82) is 0 Å². The van der Waals surface area contributed by atoms with E-state index in [1.807, 2.05) is 18.2 Å². The van der Waals surface area contributed by atoms with Gasteiger partial charge in [-0.15, -0.1) is 0 Å². The van der Waals surface area contributed by atoms with Gasteiger partial charge in [-0.25, -0.2) is 4.79 Å². The van der Waals surface area contributed by atoms with Gasteiger partial charge in [0.05, 0.1) is 7.11 Å². The largest absolute Gasteiger partial charge is 0.496 e. The van der Waals surface area contributed by atoms with Crippen LogP contribution in [0.25, 0.3) is 6.08 Å². The molecule has 0 saturated heterocycles. The average molecular weight is 291 g/mol. The summed E-state index contributed by atoms with van der Waals surface area (Å²) in [5.41, 5.74) is 2.03. The third-order valence-electron chi connectivity index (χ3n) is 4.02. The highest BCUT2D eigenvalue weighted by atomic mass is 16.5. The van der Waals surface area contributed by atoms with Gasteiger partial charge in [-0.3, -0.25) is 4.90 Å². The molecule has 0 bridgehead atoms. The zero-order valence-corrected chi connectivity index (χ0v) is 13.5. The lowest BCUT2D eigenvalue weighted by Gasteiger charge is -2.35. The molecule has 0 unspecified atom stereocenters. The zero-order chi connectivity index (χ0) is 16.0. The van der Waals surface area contributed by atoms with Crippen LogP contribution in [-0.4, -0.2) is 35.7 Å². The number of hydrogen-bond acceptors (Lipinski definition) is 3. The highest BCUT2D eigenvalue weighted by Crippen LogP contribution is 2.24. The molecule has 0 fully saturated rings. The molecule has 0 aliphatic carbocycles. The number of carbonyl (C=O) groups is 1. The van der Waals surface area contributed by atoms with Crippen LogP contribution in [0.15, 0.2) is 24.3 Å². The van der Waals surface area contributed by atoms with Crippen LogP contribution in [0.5, 0.6) is 5.75 Å². The van der Waals surface area contributed by atoms with Gasteiger partial charge in [-0.05, 0) is 51.1 Å². The number of rotatable bonds is 7. The predicted molar refractivity (Wildman–Crippen MR) is 85.5 cm³/mol. The number of ether oxygens (including phenoxy) is 1. The lowest BCUT2D eigenvalue weighted by Crippen LogP contribution is -2.39. The molecule has 1 aromatic carbocycles. The van der Waals surface area contributed by atoms with E-state index in [1.54, 1.807) is 13.2 Å². The highest BCUT2D eigenvalue weighted by Gasteiger charge is 2.21. The quantitative estimate of drug-likeness (QED) is 0.782. The van der Waals surface area contributed by atoms with Gasteiger partial charge >= 0.3 is 5.97 Å². The van der Waals surface area contributed by atoms with Gasteiger partial charge in [-0.2, -0.15) is 0 Å². The second-order valence-electron chi connectivity index (χ2n) is 5.77. The monoisotopic (exact) mass is 291 g/mol. The van der Waals surface area contributed by atoms with E-state index >= 15 is 0 Å². The molecule has 0 aliphatic heterocycles. The summed E-state index contributed by atoms with van der Waals surface area (Å²) in [4.78, 5) is 13.0.